The van der Waals surface area contributed by atoms with Crippen molar-refractivity contribution in [3.05, 3.63) is 15.6 Å². The van der Waals surface area contributed by atoms with Gasteiger partial charge in [-0.1, -0.05) is 0 Å². The van der Waals surface area contributed by atoms with Gasteiger partial charge in [-0.05, 0) is 20.3 Å². The number of thiazole rings is 1. The van der Waals surface area contributed by atoms with E-state index in [2.05, 4.69) is 10.3 Å². The number of aromatic nitrogens is 1. The van der Waals surface area contributed by atoms with Crippen molar-refractivity contribution in [2.45, 2.75) is 32.4 Å². The Bertz CT molecular complexity index is 573. The normalized spacial score (nSPS) is 21.0. The highest BCUT2D eigenvalue weighted by Gasteiger charge is 2.29. The van der Waals surface area contributed by atoms with Crippen molar-refractivity contribution in [2.24, 2.45) is 0 Å². The molecule has 0 spiro atoms. The van der Waals surface area contributed by atoms with Crippen LogP contribution in [0.15, 0.2) is 0 Å². The molecule has 1 aliphatic rings. The van der Waals surface area contributed by atoms with Gasteiger partial charge in [-0.15, -0.1) is 11.3 Å². The highest BCUT2D eigenvalue weighted by Crippen LogP contribution is 2.19. The van der Waals surface area contributed by atoms with Gasteiger partial charge in [0.1, 0.15) is 17.6 Å². The summed E-state index contributed by atoms with van der Waals surface area (Å²) in [5.41, 5.74) is 0.734. The fraction of sp³-hybridized carbons (Fsp3) is 0.667. The SMILES string of the molecule is Cc1nc(C)c(C(=O)N[C@@H]2CCOC[C@H]2OCC(=O)N(C)C)s1. The summed E-state index contributed by atoms with van der Waals surface area (Å²) in [4.78, 5) is 30.4. The highest BCUT2D eigenvalue weighted by atomic mass is 32.1. The van der Waals surface area contributed by atoms with Gasteiger partial charge in [0.15, 0.2) is 0 Å². The third-order valence-electron chi connectivity index (χ3n) is 3.65. The summed E-state index contributed by atoms with van der Waals surface area (Å²) in [7, 11) is 3.36. The summed E-state index contributed by atoms with van der Waals surface area (Å²) in [5.74, 6) is -0.262. The molecule has 1 aliphatic heterocycles. The van der Waals surface area contributed by atoms with Crippen molar-refractivity contribution < 1.29 is 19.1 Å². The summed E-state index contributed by atoms with van der Waals surface area (Å²) in [6.45, 7) is 4.61. The second kappa shape index (κ2) is 7.85. The topological polar surface area (TPSA) is 80.8 Å². The number of likely N-dealkylation sites (N-methyl/N-ethyl adjacent to an activating group) is 1. The molecule has 8 heteroatoms. The van der Waals surface area contributed by atoms with Gasteiger partial charge >= 0.3 is 0 Å². The summed E-state index contributed by atoms with van der Waals surface area (Å²) >= 11 is 1.38. The van der Waals surface area contributed by atoms with Crippen LogP contribution in [0.25, 0.3) is 0 Å². The highest BCUT2D eigenvalue weighted by molar-refractivity contribution is 7.13. The number of amides is 2. The number of hydrogen-bond acceptors (Lipinski definition) is 6. The zero-order valence-electron chi connectivity index (χ0n) is 13.9. The summed E-state index contributed by atoms with van der Waals surface area (Å²) < 4.78 is 11.1. The molecule has 1 aromatic rings. The molecule has 1 N–H and O–H groups in total. The van der Waals surface area contributed by atoms with Crippen LogP contribution < -0.4 is 5.32 Å². The van der Waals surface area contributed by atoms with E-state index in [4.69, 9.17) is 9.47 Å². The largest absolute Gasteiger partial charge is 0.379 e. The lowest BCUT2D eigenvalue weighted by Gasteiger charge is -2.32. The van der Waals surface area contributed by atoms with Gasteiger partial charge in [-0.25, -0.2) is 4.98 Å². The Kier molecular flexibility index (Phi) is 6.09. The van der Waals surface area contributed by atoms with E-state index in [-0.39, 0.29) is 30.6 Å². The molecule has 0 bridgehead atoms. The molecule has 0 saturated carbocycles. The van der Waals surface area contributed by atoms with Gasteiger partial charge in [-0.2, -0.15) is 0 Å². The van der Waals surface area contributed by atoms with E-state index in [1.165, 1.54) is 16.2 Å². The molecule has 0 radical (unpaired) electrons. The molecule has 0 aliphatic carbocycles. The maximum absolute atomic E-state index is 12.4. The van der Waals surface area contributed by atoms with Crippen LogP contribution in [-0.2, 0) is 14.3 Å². The van der Waals surface area contributed by atoms with E-state index in [1.807, 2.05) is 13.8 Å². The van der Waals surface area contributed by atoms with Crippen LogP contribution in [-0.4, -0.2) is 67.8 Å². The van der Waals surface area contributed by atoms with Gasteiger partial charge < -0.3 is 19.7 Å². The minimum absolute atomic E-state index is 0.0217. The second-order valence-electron chi connectivity index (χ2n) is 5.73. The monoisotopic (exact) mass is 341 g/mol. The number of hydrogen-bond donors (Lipinski definition) is 1. The molecule has 2 amide bonds. The number of ether oxygens (including phenoxy) is 2. The predicted octanol–water partition coefficient (Wildman–Crippen LogP) is 0.752. The van der Waals surface area contributed by atoms with Crippen molar-refractivity contribution in [2.75, 3.05) is 33.9 Å². The molecule has 1 fully saturated rings. The van der Waals surface area contributed by atoms with E-state index >= 15 is 0 Å². The molecule has 1 saturated heterocycles. The second-order valence-corrected chi connectivity index (χ2v) is 6.93. The average Bonchev–Trinajstić information content (AvgIpc) is 2.84. The molecular formula is C15H23N3O4S. The number of carbonyl (C=O) groups is 2. The molecule has 2 heterocycles. The predicted molar refractivity (Wildman–Crippen MR) is 86.7 cm³/mol. The zero-order valence-corrected chi connectivity index (χ0v) is 14.7. The molecule has 0 aromatic carbocycles. The first-order valence-electron chi connectivity index (χ1n) is 7.53. The van der Waals surface area contributed by atoms with E-state index in [0.717, 1.165) is 10.7 Å². The quantitative estimate of drug-likeness (QED) is 0.855. The van der Waals surface area contributed by atoms with Crippen LogP contribution in [0.1, 0.15) is 26.8 Å². The Balaban J connectivity index is 1.96. The molecule has 128 valence electrons. The number of rotatable bonds is 5. The van der Waals surface area contributed by atoms with E-state index in [1.54, 1.807) is 14.1 Å². The fourth-order valence-electron chi connectivity index (χ4n) is 2.32. The molecule has 2 rings (SSSR count). The first-order chi connectivity index (χ1) is 10.9. The average molecular weight is 341 g/mol. The minimum atomic E-state index is -0.328. The standard InChI is InChI=1S/C15H23N3O4S/c1-9-14(23-10(2)16-9)15(20)17-11-5-6-21-7-12(11)22-8-13(19)18(3)4/h11-12H,5-8H2,1-4H3,(H,17,20)/t11-,12-/m1/s1. The molecule has 2 atom stereocenters. The molecule has 1 aromatic heterocycles. The lowest BCUT2D eigenvalue weighted by molar-refractivity contribution is -0.140. The Morgan fingerprint density at radius 1 is 1.43 bits per heavy atom. The van der Waals surface area contributed by atoms with Gasteiger partial charge in [0.2, 0.25) is 5.91 Å². The van der Waals surface area contributed by atoms with Crippen molar-refractivity contribution in [1.29, 1.82) is 0 Å². The maximum Gasteiger partial charge on any atom is 0.263 e. The first kappa shape index (κ1) is 17.8. The van der Waals surface area contributed by atoms with E-state index in [9.17, 15) is 9.59 Å². The van der Waals surface area contributed by atoms with Gasteiger partial charge in [0.05, 0.1) is 23.4 Å². The van der Waals surface area contributed by atoms with Crippen LogP contribution in [0, 0.1) is 13.8 Å². The summed E-state index contributed by atoms with van der Waals surface area (Å²) in [5, 5.41) is 3.86. The molecular weight excluding hydrogens is 318 g/mol. The number of nitrogens with one attached hydrogen (secondary N) is 1. The lowest BCUT2D eigenvalue weighted by atomic mass is 10.1. The molecule has 23 heavy (non-hydrogen) atoms. The number of carbonyl (C=O) groups excluding carboxylic acids is 2. The van der Waals surface area contributed by atoms with Crippen molar-refractivity contribution in [3.8, 4) is 0 Å². The van der Waals surface area contributed by atoms with E-state index < -0.39 is 0 Å². The Hall–Kier alpha value is -1.51. The van der Waals surface area contributed by atoms with E-state index in [0.29, 0.717) is 24.5 Å². The van der Waals surface area contributed by atoms with Gasteiger partial charge in [0.25, 0.3) is 5.91 Å². The Morgan fingerprint density at radius 3 is 2.78 bits per heavy atom. The lowest BCUT2D eigenvalue weighted by Crippen LogP contribution is -2.50. The van der Waals surface area contributed by atoms with Crippen molar-refractivity contribution in [3.63, 3.8) is 0 Å². The van der Waals surface area contributed by atoms with Crippen LogP contribution in [0.5, 0.6) is 0 Å². The first-order valence-corrected chi connectivity index (χ1v) is 8.34. The number of nitrogens with zero attached hydrogens (tertiary/aromatic N) is 2. The summed E-state index contributed by atoms with van der Waals surface area (Å²) in [6.07, 6.45) is 0.328. The Morgan fingerprint density at radius 2 is 2.17 bits per heavy atom. The van der Waals surface area contributed by atoms with Crippen LogP contribution in [0.2, 0.25) is 0 Å². The minimum Gasteiger partial charge on any atom is -0.379 e. The van der Waals surface area contributed by atoms with Gasteiger partial charge in [0, 0.05) is 20.7 Å². The third kappa shape index (κ3) is 4.73. The van der Waals surface area contributed by atoms with Crippen molar-refractivity contribution in [1.82, 2.24) is 15.2 Å². The van der Waals surface area contributed by atoms with Gasteiger partial charge in [-0.3, -0.25) is 9.59 Å². The van der Waals surface area contributed by atoms with Crippen LogP contribution in [0.3, 0.4) is 0 Å². The Labute approximate surface area is 140 Å². The van der Waals surface area contributed by atoms with Crippen molar-refractivity contribution >= 4 is 23.2 Å². The molecule has 7 nitrogen and oxygen atoms in total. The molecule has 0 unspecified atom stereocenters. The maximum atomic E-state index is 12.4. The smallest absolute Gasteiger partial charge is 0.263 e. The fourth-order valence-corrected chi connectivity index (χ4v) is 3.15. The van der Waals surface area contributed by atoms with Crippen LogP contribution in [0.4, 0.5) is 0 Å². The third-order valence-corrected chi connectivity index (χ3v) is 4.72. The number of aryl methyl sites for hydroxylation is 2. The van der Waals surface area contributed by atoms with Crippen LogP contribution >= 0.6 is 11.3 Å². The zero-order chi connectivity index (χ0) is 17.0. The summed E-state index contributed by atoms with van der Waals surface area (Å²) in [6, 6.07) is -0.173.